The van der Waals surface area contributed by atoms with Crippen LogP contribution in [-0.4, -0.2) is 16.1 Å². The number of aryl methyl sites for hydroxylation is 1. The van der Waals surface area contributed by atoms with Gasteiger partial charge < -0.3 is 5.32 Å². The molecule has 0 bridgehead atoms. The fourth-order valence-electron chi connectivity index (χ4n) is 3.84. The van der Waals surface area contributed by atoms with Crippen molar-refractivity contribution in [3.8, 4) is 6.07 Å². The Kier molecular flexibility index (Phi) is 6.60. The van der Waals surface area contributed by atoms with E-state index in [0.717, 1.165) is 30.5 Å². The molecule has 4 rings (SSSR count). The zero-order valence-electron chi connectivity index (χ0n) is 17.1. The molecular formula is C25H22ClN3OS. The van der Waals surface area contributed by atoms with Crippen LogP contribution in [0.3, 0.4) is 0 Å². The number of fused-ring (bicyclic) bond motifs is 1. The molecule has 0 fully saturated rings. The molecule has 0 radical (unpaired) electrons. The highest BCUT2D eigenvalue weighted by Gasteiger charge is 2.25. The van der Waals surface area contributed by atoms with Gasteiger partial charge in [-0.2, -0.15) is 5.26 Å². The van der Waals surface area contributed by atoms with Crippen LogP contribution in [-0.2, 0) is 17.6 Å². The number of para-hydroxylation sites is 1. The third kappa shape index (κ3) is 4.92. The average Bonchev–Trinajstić information content (AvgIpc) is 2.80. The predicted octanol–water partition coefficient (Wildman–Crippen LogP) is 6.00. The van der Waals surface area contributed by atoms with Gasteiger partial charge in [-0.15, -0.1) is 0 Å². The Morgan fingerprint density at radius 2 is 1.97 bits per heavy atom. The van der Waals surface area contributed by atoms with Crippen molar-refractivity contribution in [3.63, 3.8) is 0 Å². The second kappa shape index (κ2) is 9.55. The summed E-state index contributed by atoms with van der Waals surface area (Å²) in [6.07, 6.45) is 2.78. The van der Waals surface area contributed by atoms with Crippen molar-refractivity contribution in [1.82, 2.24) is 4.98 Å². The highest BCUT2D eigenvalue weighted by atomic mass is 35.5. The van der Waals surface area contributed by atoms with Crippen LogP contribution >= 0.6 is 23.4 Å². The molecule has 1 aromatic heterocycles. The van der Waals surface area contributed by atoms with Crippen molar-refractivity contribution in [2.75, 3.05) is 5.32 Å². The summed E-state index contributed by atoms with van der Waals surface area (Å²) in [5, 5.41) is 13.2. The molecule has 4 nitrogen and oxygen atoms in total. The third-order valence-corrected chi connectivity index (χ3v) is 6.96. The zero-order chi connectivity index (χ0) is 21.8. The van der Waals surface area contributed by atoms with Crippen molar-refractivity contribution in [1.29, 1.82) is 5.26 Å². The number of nitriles is 1. The fourth-order valence-corrected chi connectivity index (χ4v) is 4.92. The predicted molar refractivity (Wildman–Crippen MR) is 126 cm³/mol. The van der Waals surface area contributed by atoms with E-state index in [2.05, 4.69) is 35.7 Å². The van der Waals surface area contributed by atoms with Crippen LogP contribution in [0.5, 0.6) is 0 Å². The summed E-state index contributed by atoms with van der Waals surface area (Å²) in [6, 6.07) is 21.8. The van der Waals surface area contributed by atoms with Crippen LogP contribution in [0.25, 0.3) is 0 Å². The van der Waals surface area contributed by atoms with Crippen LogP contribution in [0.1, 0.15) is 41.6 Å². The molecule has 1 aliphatic rings. The molecular weight excluding hydrogens is 426 g/mol. The Morgan fingerprint density at radius 3 is 2.71 bits per heavy atom. The minimum absolute atomic E-state index is 0.175. The van der Waals surface area contributed by atoms with Gasteiger partial charge in [-0.1, -0.05) is 65.8 Å². The maximum absolute atomic E-state index is 12.7. The lowest BCUT2D eigenvalue weighted by atomic mass is 9.82. The van der Waals surface area contributed by atoms with Crippen LogP contribution in [0.4, 0.5) is 5.69 Å². The van der Waals surface area contributed by atoms with Gasteiger partial charge in [-0.3, -0.25) is 4.79 Å². The van der Waals surface area contributed by atoms with Crippen molar-refractivity contribution in [2.24, 2.45) is 0 Å². The third-order valence-electron chi connectivity index (χ3n) is 5.53. The number of thioether (sulfide) groups is 1. The molecule has 1 amide bonds. The number of nitrogens with one attached hydrogen (secondary N) is 1. The molecule has 0 spiro atoms. The fraction of sp³-hybridized carbons (Fsp3) is 0.240. The molecule has 2 aromatic carbocycles. The lowest BCUT2D eigenvalue weighted by molar-refractivity contribution is -0.115. The van der Waals surface area contributed by atoms with Crippen molar-refractivity contribution in [2.45, 2.75) is 42.4 Å². The van der Waals surface area contributed by atoms with E-state index in [-0.39, 0.29) is 5.91 Å². The maximum atomic E-state index is 12.7. The van der Waals surface area contributed by atoms with E-state index in [1.807, 2.05) is 31.2 Å². The molecule has 6 heteroatoms. The lowest BCUT2D eigenvalue weighted by Crippen LogP contribution is -2.23. The Morgan fingerprint density at radius 1 is 1.23 bits per heavy atom. The molecule has 1 heterocycles. The number of anilines is 1. The van der Waals surface area contributed by atoms with E-state index in [1.165, 1.54) is 17.3 Å². The molecule has 2 atom stereocenters. The first-order valence-electron chi connectivity index (χ1n) is 10.2. The first-order chi connectivity index (χ1) is 15.0. The second-order valence-corrected chi connectivity index (χ2v) is 9.37. The summed E-state index contributed by atoms with van der Waals surface area (Å²) in [7, 11) is 0. The number of halogens is 1. The number of carbonyl (C=O) groups is 1. The van der Waals surface area contributed by atoms with E-state index in [4.69, 9.17) is 16.6 Å². The van der Waals surface area contributed by atoms with Crippen LogP contribution in [0.15, 0.2) is 65.7 Å². The van der Waals surface area contributed by atoms with Crippen LogP contribution < -0.4 is 5.32 Å². The van der Waals surface area contributed by atoms with Gasteiger partial charge in [-0.05, 0) is 61.4 Å². The Balaban J connectivity index is 1.50. The molecule has 0 saturated heterocycles. The summed E-state index contributed by atoms with van der Waals surface area (Å²) in [4.78, 5) is 17.4. The van der Waals surface area contributed by atoms with Gasteiger partial charge in [0.05, 0.1) is 21.5 Å². The van der Waals surface area contributed by atoms with Gasteiger partial charge in [0, 0.05) is 5.69 Å². The summed E-state index contributed by atoms with van der Waals surface area (Å²) < 4.78 is 0. The van der Waals surface area contributed by atoms with Gasteiger partial charge in [0.15, 0.2) is 0 Å². The maximum Gasteiger partial charge on any atom is 0.237 e. The number of hydrogen-bond donors (Lipinski definition) is 1. The molecule has 1 N–H and O–H groups in total. The molecule has 0 saturated carbocycles. The van der Waals surface area contributed by atoms with Crippen molar-refractivity contribution in [3.05, 3.63) is 88.1 Å². The van der Waals surface area contributed by atoms with E-state index < -0.39 is 5.25 Å². The number of rotatable bonds is 5. The summed E-state index contributed by atoms with van der Waals surface area (Å²) in [5.41, 5.74) is 4.60. The van der Waals surface area contributed by atoms with Gasteiger partial charge in [0.1, 0.15) is 11.1 Å². The van der Waals surface area contributed by atoms with E-state index in [1.54, 1.807) is 12.1 Å². The van der Waals surface area contributed by atoms with Gasteiger partial charge >= 0.3 is 0 Å². The van der Waals surface area contributed by atoms with Crippen LogP contribution in [0, 0.1) is 11.3 Å². The first kappa shape index (κ1) is 21.4. The van der Waals surface area contributed by atoms with E-state index in [0.29, 0.717) is 27.2 Å². The Hall–Kier alpha value is -2.81. The van der Waals surface area contributed by atoms with E-state index >= 15 is 0 Å². The molecule has 0 aliphatic heterocycles. The standard InChI is InChI=1S/C25H22ClN3OS/c1-16(24(30)28-23-10-6-5-9-21(23)26)31-25-20(15-27)14-19-13-18(11-12-22(19)29-25)17-7-3-2-4-8-17/h2-10,14,16,18H,11-13H2,1H3,(H,28,30). The number of benzene rings is 2. The molecule has 156 valence electrons. The van der Waals surface area contributed by atoms with Gasteiger partial charge in [0.2, 0.25) is 5.91 Å². The Labute approximate surface area is 191 Å². The smallest absolute Gasteiger partial charge is 0.237 e. The Bertz CT molecular complexity index is 1140. The normalized spacial score (nSPS) is 16.1. The summed E-state index contributed by atoms with van der Waals surface area (Å²) in [5.74, 6) is 0.270. The van der Waals surface area contributed by atoms with Crippen LogP contribution in [0.2, 0.25) is 5.02 Å². The minimum atomic E-state index is -0.422. The van der Waals surface area contributed by atoms with Gasteiger partial charge in [-0.25, -0.2) is 4.98 Å². The second-order valence-electron chi connectivity index (χ2n) is 7.64. The molecule has 31 heavy (non-hydrogen) atoms. The molecule has 3 aromatic rings. The van der Waals surface area contributed by atoms with Crippen molar-refractivity contribution >= 4 is 35.0 Å². The summed E-state index contributed by atoms with van der Waals surface area (Å²) >= 11 is 7.45. The molecule has 2 unspecified atom stereocenters. The highest BCUT2D eigenvalue weighted by Crippen LogP contribution is 2.35. The molecule has 1 aliphatic carbocycles. The largest absolute Gasteiger partial charge is 0.324 e. The number of nitrogens with zero attached hydrogens (tertiary/aromatic N) is 2. The van der Waals surface area contributed by atoms with Gasteiger partial charge in [0.25, 0.3) is 0 Å². The average molecular weight is 448 g/mol. The number of aromatic nitrogens is 1. The number of amides is 1. The topological polar surface area (TPSA) is 65.8 Å². The quantitative estimate of drug-likeness (QED) is 0.487. The van der Waals surface area contributed by atoms with E-state index in [9.17, 15) is 10.1 Å². The number of pyridine rings is 1. The highest BCUT2D eigenvalue weighted by molar-refractivity contribution is 8.00. The SMILES string of the molecule is CC(Sc1nc2c(cc1C#N)CC(c1ccccc1)CC2)C(=O)Nc1ccccc1Cl. The number of carbonyl (C=O) groups excluding carboxylic acids is 1. The number of hydrogen-bond acceptors (Lipinski definition) is 4. The minimum Gasteiger partial charge on any atom is -0.324 e. The first-order valence-corrected chi connectivity index (χ1v) is 11.5. The summed E-state index contributed by atoms with van der Waals surface area (Å²) in [6.45, 7) is 1.81. The van der Waals surface area contributed by atoms with Crippen molar-refractivity contribution < 1.29 is 4.79 Å². The monoisotopic (exact) mass is 447 g/mol. The zero-order valence-corrected chi connectivity index (χ0v) is 18.7. The lowest BCUT2D eigenvalue weighted by Gasteiger charge is -2.25.